The van der Waals surface area contributed by atoms with Gasteiger partial charge in [0.25, 0.3) is 0 Å². The van der Waals surface area contributed by atoms with Gasteiger partial charge in [-0.2, -0.15) is 18.3 Å². The van der Waals surface area contributed by atoms with Crippen LogP contribution in [0.1, 0.15) is 34.0 Å². The number of anilines is 1. The van der Waals surface area contributed by atoms with E-state index in [1.54, 1.807) is 29.9 Å². The van der Waals surface area contributed by atoms with Gasteiger partial charge in [-0.3, -0.25) is 14.2 Å². The predicted molar refractivity (Wildman–Crippen MR) is 161 cm³/mol. The lowest BCUT2D eigenvalue weighted by atomic mass is 10.1. The Labute approximate surface area is 248 Å². The van der Waals surface area contributed by atoms with E-state index < -0.39 is 11.7 Å². The lowest BCUT2D eigenvalue weighted by Crippen LogP contribution is -2.12. The molecular formula is C31H35F3N4O3S. The fourth-order valence-corrected chi connectivity index (χ4v) is 4.61. The SMILES string of the molecule is CCOCCNSc1cc(NC)ccc1C.COc1cccc(Cn2cc(C=O)c(-c3ccc(C(F)(F)F)cc3)n2)c1. The quantitative estimate of drug-likeness (QED) is 0.102. The van der Waals surface area contributed by atoms with E-state index in [1.165, 1.54) is 22.6 Å². The zero-order chi connectivity index (χ0) is 30.5. The Balaban J connectivity index is 0.000000260. The Kier molecular flexibility index (Phi) is 12.5. The highest BCUT2D eigenvalue weighted by molar-refractivity contribution is 7.97. The van der Waals surface area contributed by atoms with Gasteiger partial charge in [0.15, 0.2) is 6.29 Å². The lowest BCUT2D eigenvalue weighted by Gasteiger charge is -2.09. The van der Waals surface area contributed by atoms with Gasteiger partial charge in [-0.1, -0.05) is 30.3 Å². The summed E-state index contributed by atoms with van der Waals surface area (Å²) in [5.41, 5.74) is 3.70. The van der Waals surface area contributed by atoms with Crippen molar-refractivity contribution in [2.24, 2.45) is 0 Å². The monoisotopic (exact) mass is 600 g/mol. The molecule has 3 aromatic carbocycles. The van der Waals surface area contributed by atoms with Crippen LogP contribution in [0.2, 0.25) is 0 Å². The molecule has 0 saturated carbocycles. The number of nitrogens with one attached hydrogen (secondary N) is 2. The Morgan fingerprint density at radius 3 is 2.48 bits per heavy atom. The Hall–Kier alpha value is -3.80. The first-order valence-electron chi connectivity index (χ1n) is 13.3. The first-order chi connectivity index (χ1) is 20.2. The number of carbonyl (C=O) groups excluding carboxylic acids is 1. The molecule has 4 aromatic rings. The Morgan fingerprint density at radius 2 is 1.83 bits per heavy atom. The fourth-order valence-electron chi connectivity index (χ4n) is 3.86. The molecular weight excluding hydrogens is 565 g/mol. The van der Waals surface area contributed by atoms with Crippen molar-refractivity contribution in [3.63, 3.8) is 0 Å². The Bertz CT molecular complexity index is 1430. The van der Waals surface area contributed by atoms with Gasteiger partial charge in [0.2, 0.25) is 0 Å². The van der Waals surface area contributed by atoms with Gasteiger partial charge in [-0.25, -0.2) is 0 Å². The van der Waals surface area contributed by atoms with Gasteiger partial charge >= 0.3 is 6.18 Å². The number of carbonyl (C=O) groups is 1. The molecule has 0 unspecified atom stereocenters. The molecule has 224 valence electrons. The number of nitrogens with zero attached hydrogens (tertiary/aromatic N) is 2. The normalized spacial score (nSPS) is 11.0. The number of aromatic nitrogens is 2. The number of ether oxygens (including phenoxy) is 2. The highest BCUT2D eigenvalue weighted by Gasteiger charge is 2.30. The third-order valence-corrected chi connectivity index (χ3v) is 7.10. The summed E-state index contributed by atoms with van der Waals surface area (Å²) in [4.78, 5) is 12.6. The third-order valence-electron chi connectivity index (χ3n) is 6.09. The molecule has 0 aliphatic heterocycles. The van der Waals surface area contributed by atoms with Crippen molar-refractivity contribution in [1.29, 1.82) is 0 Å². The molecule has 2 N–H and O–H groups in total. The second kappa shape index (κ2) is 16.0. The van der Waals surface area contributed by atoms with Crippen molar-refractivity contribution < 1.29 is 27.4 Å². The van der Waals surface area contributed by atoms with E-state index in [2.05, 4.69) is 40.3 Å². The third kappa shape index (κ3) is 9.64. The van der Waals surface area contributed by atoms with Gasteiger partial charge in [0.1, 0.15) is 11.4 Å². The van der Waals surface area contributed by atoms with Crippen molar-refractivity contribution in [3.05, 3.63) is 95.2 Å². The van der Waals surface area contributed by atoms with Crippen molar-refractivity contribution >= 4 is 23.9 Å². The Morgan fingerprint density at radius 1 is 1.07 bits per heavy atom. The highest BCUT2D eigenvalue weighted by Crippen LogP contribution is 2.31. The average molecular weight is 601 g/mol. The molecule has 0 aliphatic rings. The standard InChI is InChI=1S/C19H15F3N2O2.C12H20N2OS/c1-26-17-4-2-3-13(9-17)10-24-11-15(12-25)18(23-24)14-5-7-16(8-6-14)19(20,21)22;1-4-15-8-7-14-16-12-9-11(13-3)6-5-10(12)2/h2-9,11-12H,10H2,1H3;5-6,9,13-14H,4,7-8H2,1-3H3. The molecule has 0 amide bonds. The van der Waals surface area contributed by atoms with E-state index >= 15 is 0 Å². The maximum Gasteiger partial charge on any atom is 0.416 e. The van der Waals surface area contributed by atoms with Crippen LogP contribution in [0.25, 0.3) is 11.3 Å². The molecule has 42 heavy (non-hydrogen) atoms. The van der Waals surface area contributed by atoms with Crippen LogP contribution in [0.5, 0.6) is 5.75 Å². The minimum absolute atomic E-state index is 0.313. The van der Waals surface area contributed by atoms with Crippen molar-refractivity contribution in [1.82, 2.24) is 14.5 Å². The number of aryl methyl sites for hydroxylation is 1. The molecule has 0 atom stereocenters. The summed E-state index contributed by atoms with van der Waals surface area (Å²) >= 11 is 1.66. The number of hydrogen-bond acceptors (Lipinski definition) is 7. The number of rotatable bonds is 12. The molecule has 1 heterocycles. The zero-order valence-electron chi connectivity index (χ0n) is 24.0. The number of methoxy groups -OCH3 is 1. The van der Waals surface area contributed by atoms with Crippen molar-refractivity contribution in [2.75, 3.05) is 39.2 Å². The van der Waals surface area contributed by atoms with Crippen molar-refractivity contribution in [2.45, 2.75) is 31.5 Å². The molecule has 0 aliphatic carbocycles. The molecule has 11 heteroatoms. The molecule has 0 radical (unpaired) electrons. The summed E-state index contributed by atoms with van der Waals surface area (Å²) in [6, 6.07) is 18.3. The number of aldehydes is 1. The van der Waals surface area contributed by atoms with Crippen LogP contribution in [0.4, 0.5) is 18.9 Å². The van der Waals surface area contributed by atoms with Crippen LogP contribution >= 0.6 is 11.9 Å². The van der Waals surface area contributed by atoms with E-state index in [-0.39, 0.29) is 0 Å². The van der Waals surface area contributed by atoms with Crippen LogP contribution in [0.15, 0.2) is 77.8 Å². The summed E-state index contributed by atoms with van der Waals surface area (Å²) in [5.74, 6) is 0.702. The molecule has 0 spiro atoms. The largest absolute Gasteiger partial charge is 0.497 e. The summed E-state index contributed by atoms with van der Waals surface area (Å²) in [5, 5.41) is 7.50. The molecule has 1 aromatic heterocycles. The predicted octanol–water partition coefficient (Wildman–Crippen LogP) is 7.11. The first kappa shape index (κ1) is 32.7. The van der Waals surface area contributed by atoms with Crippen LogP contribution in [-0.2, 0) is 17.5 Å². The van der Waals surface area contributed by atoms with Crippen LogP contribution in [-0.4, -0.2) is 50.0 Å². The van der Waals surface area contributed by atoms with Gasteiger partial charge in [0, 0.05) is 42.5 Å². The molecule has 0 saturated heterocycles. The minimum Gasteiger partial charge on any atom is -0.497 e. The smallest absolute Gasteiger partial charge is 0.416 e. The van der Waals surface area contributed by atoms with Crippen LogP contribution in [0, 0.1) is 6.92 Å². The fraction of sp³-hybridized carbons (Fsp3) is 0.290. The molecule has 0 bridgehead atoms. The number of halogens is 3. The van der Waals surface area contributed by atoms with Gasteiger partial charge in [-0.15, -0.1) is 0 Å². The summed E-state index contributed by atoms with van der Waals surface area (Å²) < 4.78 is 53.4. The van der Waals surface area contributed by atoms with Crippen molar-refractivity contribution in [3.8, 4) is 17.0 Å². The van der Waals surface area contributed by atoms with Gasteiger partial charge < -0.3 is 14.8 Å². The molecule has 7 nitrogen and oxygen atoms in total. The highest BCUT2D eigenvalue weighted by atomic mass is 32.2. The first-order valence-corrected chi connectivity index (χ1v) is 14.1. The number of benzene rings is 3. The summed E-state index contributed by atoms with van der Waals surface area (Å²) in [6.07, 6.45) is -2.20. The lowest BCUT2D eigenvalue weighted by molar-refractivity contribution is -0.137. The zero-order valence-corrected chi connectivity index (χ0v) is 24.8. The summed E-state index contributed by atoms with van der Waals surface area (Å²) in [7, 11) is 3.50. The van der Waals surface area contributed by atoms with Crippen LogP contribution in [0.3, 0.4) is 0 Å². The maximum absolute atomic E-state index is 12.7. The maximum atomic E-state index is 12.7. The van der Waals surface area contributed by atoms with Crippen LogP contribution < -0.4 is 14.8 Å². The van der Waals surface area contributed by atoms with E-state index in [0.29, 0.717) is 35.4 Å². The van der Waals surface area contributed by atoms with E-state index in [1.807, 2.05) is 38.2 Å². The van der Waals surface area contributed by atoms with Gasteiger partial charge in [-0.05, 0) is 73.3 Å². The minimum atomic E-state index is -4.41. The van der Waals surface area contributed by atoms with E-state index in [0.717, 1.165) is 43.1 Å². The van der Waals surface area contributed by atoms with E-state index in [9.17, 15) is 18.0 Å². The van der Waals surface area contributed by atoms with E-state index in [4.69, 9.17) is 9.47 Å². The molecule has 0 fully saturated rings. The topological polar surface area (TPSA) is 77.4 Å². The molecule has 4 rings (SSSR count). The number of hydrogen-bond donors (Lipinski definition) is 2. The summed E-state index contributed by atoms with van der Waals surface area (Å²) in [6.45, 7) is 6.93. The van der Waals surface area contributed by atoms with Gasteiger partial charge in [0.05, 0.1) is 31.4 Å². The second-order valence-electron chi connectivity index (χ2n) is 9.10. The average Bonchev–Trinajstić information content (AvgIpc) is 3.40. The second-order valence-corrected chi connectivity index (χ2v) is 10.0. The number of alkyl halides is 3.